The number of fused-ring (bicyclic) bond motifs is 1. The second-order valence-corrected chi connectivity index (χ2v) is 3.20. The highest BCUT2D eigenvalue weighted by Gasteiger charge is 2.09. The monoisotopic (exact) mass is 176 g/mol. The van der Waals surface area contributed by atoms with Crippen molar-refractivity contribution in [3.05, 3.63) is 30.3 Å². The standard InChI is InChI=1S/C10H12N2O/c1-7(5-11)10-4-8-6-12-3-2-9(8)13-10/h2-4,6-7H,5,11H2,1H3. The fourth-order valence-corrected chi connectivity index (χ4v) is 1.26. The third kappa shape index (κ3) is 1.42. The normalized spacial score (nSPS) is 13.4. The summed E-state index contributed by atoms with van der Waals surface area (Å²) in [6.45, 7) is 2.65. The largest absolute Gasteiger partial charge is 0.461 e. The summed E-state index contributed by atoms with van der Waals surface area (Å²) in [4.78, 5) is 4.02. The minimum Gasteiger partial charge on any atom is -0.461 e. The zero-order valence-corrected chi connectivity index (χ0v) is 7.53. The number of aromatic nitrogens is 1. The molecule has 0 aliphatic carbocycles. The fraction of sp³-hybridized carbons (Fsp3) is 0.300. The van der Waals surface area contributed by atoms with Crippen molar-refractivity contribution in [1.29, 1.82) is 0 Å². The van der Waals surface area contributed by atoms with Gasteiger partial charge in [-0.1, -0.05) is 6.92 Å². The lowest BCUT2D eigenvalue weighted by Crippen LogP contribution is -2.07. The molecule has 0 aromatic carbocycles. The number of nitrogens with zero attached hydrogens (tertiary/aromatic N) is 1. The predicted molar refractivity (Wildman–Crippen MR) is 51.5 cm³/mol. The third-order valence-corrected chi connectivity index (χ3v) is 2.17. The van der Waals surface area contributed by atoms with Gasteiger partial charge in [0.05, 0.1) is 0 Å². The van der Waals surface area contributed by atoms with Gasteiger partial charge < -0.3 is 10.2 Å². The molecule has 68 valence electrons. The Labute approximate surface area is 76.6 Å². The first-order chi connectivity index (χ1) is 6.31. The second kappa shape index (κ2) is 3.18. The Morgan fingerprint density at radius 3 is 3.15 bits per heavy atom. The van der Waals surface area contributed by atoms with E-state index in [9.17, 15) is 0 Å². The molecule has 0 aliphatic heterocycles. The number of hydrogen-bond donors (Lipinski definition) is 1. The smallest absolute Gasteiger partial charge is 0.137 e. The molecule has 0 fully saturated rings. The summed E-state index contributed by atoms with van der Waals surface area (Å²) in [5.74, 6) is 1.21. The molecule has 2 heterocycles. The van der Waals surface area contributed by atoms with Crippen molar-refractivity contribution >= 4 is 11.0 Å². The van der Waals surface area contributed by atoms with Crippen molar-refractivity contribution in [3.63, 3.8) is 0 Å². The zero-order valence-electron chi connectivity index (χ0n) is 7.53. The number of pyridine rings is 1. The molecule has 2 N–H and O–H groups in total. The summed E-state index contributed by atoms with van der Waals surface area (Å²) in [5, 5.41) is 1.04. The maximum absolute atomic E-state index is 5.60. The first-order valence-corrected chi connectivity index (χ1v) is 4.35. The van der Waals surface area contributed by atoms with Crippen LogP contribution in [0.4, 0.5) is 0 Å². The van der Waals surface area contributed by atoms with Crippen molar-refractivity contribution < 1.29 is 4.42 Å². The quantitative estimate of drug-likeness (QED) is 0.760. The number of hydrogen-bond acceptors (Lipinski definition) is 3. The summed E-state index contributed by atoms with van der Waals surface area (Å²) in [7, 11) is 0. The van der Waals surface area contributed by atoms with Gasteiger partial charge >= 0.3 is 0 Å². The minimum absolute atomic E-state index is 0.271. The maximum atomic E-state index is 5.60. The first-order valence-electron chi connectivity index (χ1n) is 4.35. The van der Waals surface area contributed by atoms with Crippen LogP contribution in [-0.2, 0) is 0 Å². The van der Waals surface area contributed by atoms with Gasteiger partial charge in [-0.05, 0) is 12.1 Å². The van der Waals surface area contributed by atoms with Crippen LogP contribution < -0.4 is 5.73 Å². The lowest BCUT2D eigenvalue weighted by atomic mass is 10.1. The van der Waals surface area contributed by atoms with Gasteiger partial charge in [0.25, 0.3) is 0 Å². The van der Waals surface area contributed by atoms with E-state index in [4.69, 9.17) is 10.2 Å². The summed E-state index contributed by atoms with van der Waals surface area (Å²) in [6, 6.07) is 3.86. The summed E-state index contributed by atoms with van der Waals surface area (Å²) < 4.78 is 5.60. The molecule has 3 nitrogen and oxygen atoms in total. The highest BCUT2D eigenvalue weighted by Crippen LogP contribution is 2.23. The molecule has 13 heavy (non-hydrogen) atoms. The molecule has 2 rings (SSSR count). The number of nitrogens with two attached hydrogens (primary N) is 1. The summed E-state index contributed by atoms with van der Waals surface area (Å²) in [6.07, 6.45) is 3.52. The summed E-state index contributed by atoms with van der Waals surface area (Å²) >= 11 is 0. The van der Waals surface area contributed by atoms with Crippen LogP contribution in [0.25, 0.3) is 11.0 Å². The van der Waals surface area contributed by atoms with Gasteiger partial charge in [-0.3, -0.25) is 4.98 Å². The molecule has 0 radical (unpaired) electrons. The lowest BCUT2D eigenvalue weighted by Gasteiger charge is -2.01. The molecule has 0 spiro atoms. The molecule has 0 bridgehead atoms. The van der Waals surface area contributed by atoms with Crippen molar-refractivity contribution in [3.8, 4) is 0 Å². The van der Waals surface area contributed by atoms with Crippen LogP contribution in [0.1, 0.15) is 18.6 Å². The second-order valence-electron chi connectivity index (χ2n) is 3.20. The topological polar surface area (TPSA) is 52.0 Å². The number of rotatable bonds is 2. The fourth-order valence-electron chi connectivity index (χ4n) is 1.26. The van der Waals surface area contributed by atoms with Gasteiger partial charge in [0.2, 0.25) is 0 Å². The molecule has 0 saturated heterocycles. The lowest BCUT2D eigenvalue weighted by molar-refractivity contribution is 0.509. The maximum Gasteiger partial charge on any atom is 0.137 e. The van der Waals surface area contributed by atoms with Crippen molar-refractivity contribution in [2.45, 2.75) is 12.8 Å². The Bertz CT molecular complexity index is 375. The van der Waals surface area contributed by atoms with E-state index in [0.29, 0.717) is 6.54 Å². The van der Waals surface area contributed by atoms with Crippen LogP contribution >= 0.6 is 0 Å². The Morgan fingerprint density at radius 1 is 1.62 bits per heavy atom. The van der Waals surface area contributed by atoms with E-state index in [1.807, 2.05) is 19.1 Å². The van der Waals surface area contributed by atoms with E-state index in [-0.39, 0.29) is 5.92 Å². The summed E-state index contributed by atoms with van der Waals surface area (Å²) in [5.41, 5.74) is 6.43. The van der Waals surface area contributed by atoms with Crippen LogP contribution in [-0.4, -0.2) is 11.5 Å². The SMILES string of the molecule is CC(CN)c1cc2cnccc2o1. The molecule has 0 amide bonds. The molecule has 0 saturated carbocycles. The molecule has 2 aromatic rings. The highest BCUT2D eigenvalue weighted by atomic mass is 16.3. The van der Waals surface area contributed by atoms with E-state index in [2.05, 4.69) is 4.98 Å². The van der Waals surface area contributed by atoms with Crippen molar-refractivity contribution in [1.82, 2.24) is 4.98 Å². The third-order valence-electron chi connectivity index (χ3n) is 2.17. The van der Waals surface area contributed by atoms with Crippen molar-refractivity contribution in [2.24, 2.45) is 5.73 Å². The highest BCUT2D eigenvalue weighted by molar-refractivity contribution is 5.76. The van der Waals surface area contributed by atoms with E-state index < -0.39 is 0 Å². The molecule has 0 aliphatic rings. The molecule has 1 atom stereocenters. The van der Waals surface area contributed by atoms with E-state index >= 15 is 0 Å². The minimum atomic E-state index is 0.271. The van der Waals surface area contributed by atoms with Crippen LogP contribution in [0.3, 0.4) is 0 Å². The van der Waals surface area contributed by atoms with Gasteiger partial charge in [0.15, 0.2) is 0 Å². The number of furan rings is 1. The van der Waals surface area contributed by atoms with Gasteiger partial charge in [0.1, 0.15) is 11.3 Å². The van der Waals surface area contributed by atoms with E-state index in [0.717, 1.165) is 16.7 Å². The van der Waals surface area contributed by atoms with Crippen LogP contribution in [0.5, 0.6) is 0 Å². The van der Waals surface area contributed by atoms with E-state index in [1.54, 1.807) is 12.4 Å². The van der Waals surface area contributed by atoms with Crippen molar-refractivity contribution in [2.75, 3.05) is 6.54 Å². The Hall–Kier alpha value is -1.35. The Balaban J connectivity index is 2.49. The Kier molecular flexibility index (Phi) is 2.02. The Morgan fingerprint density at radius 2 is 2.46 bits per heavy atom. The van der Waals surface area contributed by atoms with E-state index in [1.165, 1.54) is 0 Å². The van der Waals surface area contributed by atoms with Gasteiger partial charge in [-0.2, -0.15) is 0 Å². The molecule has 2 aromatic heterocycles. The zero-order chi connectivity index (χ0) is 9.26. The van der Waals surface area contributed by atoms with Crippen LogP contribution in [0.2, 0.25) is 0 Å². The van der Waals surface area contributed by atoms with Crippen LogP contribution in [0, 0.1) is 0 Å². The van der Waals surface area contributed by atoms with Crippen LogP contribution in [0.15, 0.2) is 28.9 Å². The molecular formula is C10H12N2O. The average molecular weight is 176 g/mol. The predicted octanol–water partition coefficient (Wildman–Crippen LogP) is 1.89. The van der Waals surface area contributed by atoms with Gasteiger partial charge in [0, 0.05) is 30.2 Å². The molecule has 1 unspecified atom stereocenters. The first kappa shape index (κ1) is 8.26. The average Bonchev–Trinajstić information content (AvgIpc) is 2.59. The van der Waals surface area contributed by atoms with Gasteiger partial charge in [-0.15, -0.1) is 0 Å². The molecule has 3 heteroatoms. The van der Waals surface area contributed by atoms with Gasteiger partial charge in [-0.25, -0.2) is 0 Å². The molecular weight excluding hydrogens is 164 g/mol.